The van der Waals surface area contributed by atoms with E-state index in [9.17, 15) is 13.6 Å². The molecule has 1 aromatic rings. The van der Waals surface area contributed by atoms with Crippen molar-refractivity contribution in [1.29, 1.82) is 0 Å². The molecular weight excluding hydrogens is 268 g/mol. The summed E-state index contributed by atoms with van der Waals surface area (Å²) in [4.78, 5) is 11.5. The Hall–Kier alpha value is -1.69. The molecule has 112 valence electrons. The van der Waals surface area contributed by atoms with Gasteiger partial charge in [-0.05, 0) is 31.2 Å². The van der Waals surface area contributed by atoms with Gasteiger partial charge in [-0.3, -0.25) is 4.79 Å². The number of esters is 1. The normalized spacial score (nSPS) is 12.2. The standard InChI is InChI=1S/C14H19F2NO3/c1-3-17-12(9-13(18)19-4-2)10-5-7-11(8-6-10)20-14(15)16/h5-8,12,14,17H,3-4,9H2,1-2H3. The van der Waals surface area contributed by atoms with Crippen molar-refractivity contribution in [2.75, 3.05) is 13.2 Å². The van der Waals surface area contributed by atoms with Crippen LogP contribution in [0.3, 0.4) is 0 Å². The molecule has 0 aromatic heterocycles. The molecule has 1 atom stereocenters. The van der Waals surface area contributed by atoms with Crippen molar-refractivity contribution in [2.24, 2.45) is 0 Å². The molecule has 0 spiro atoms. The predicted octanol–water partition coefficient (Wildman–Crippen LogP) is 2.89. The summed E-state index contributed by atoms with van der Waals surface area (Å²) in [6.45, 7) is 1.84. The fraction of sp³-hybridized carbons (Fsp3) is 0.500. The summed E-state index contributed by atoms with van der Waals surface area (Å²) in [5, 5.41) is 3.16. The Morgan fingerprint density at radius 2 is 1.90 bits per heavy atom. The van der Waals surface area contributed by atoms with E-state index >= 15 is 0 Å². The van der Waals surface area contributed by atoms with Crippen LogP contribution in [-0.2, 0) is 9.53 Å². The van der Waals surface area contributed by atoms with Crippen molar-refractivity contribution in [3.05, 3.63) is 29.8 Å². The van der Waals surface area contributed by atoms with Crippen LogP contribution in [0.1, 0.15) is 31.9 Å². The zero-order valence-electron chi connectivity index (χ0n) is 11.6. The minimum Gasteiger partial charge on any atom is -0.466 e. The third-order valence-electron chi connectivity index (χ3n) is 2.63. The van der Waals surface area contributed by atoms with Gasteiger partial charge in [-0.2, -0.15) is 8.78 Å². The van der Waals surface area contributed by atoms with E-state index in [1.54, 1.807) is 19.1 Å². The topological polar surface area (TPSA) is 47.6 Å². The summed E-state index contributed by atoms with van der Waals surface area (Å²) >= 11 is 0. The highest BCUT2D eigenvalue weighted by Crippen LogP contribution is 2.21. The van der Waals surface area contributed by atoms with E-state index in [1.807, 2.05) is 6.92 Å². The van der Waals surface area contributed by atoms with Gasteiger partial charge in [0.1, 0.15) is 5.75 Å². The Morgan fingerprint density at radius 3 is 2.40 bits per heavy atom. The molecule has 0 bridgehead atoms. The number of nitrogens with one attached hydrogen (secondary N) is 1. The second-order valence-corrected chi connectivity index (χ2v) is 4.07. The number of carbonyl (C=O) groups is 1. The van der Waals surface area contributed by atoms with E-state index < -0.39 is 6.61 Å². The van der Waals surface area contributed by atoms with E-state index in [0.29, 0.717) is 13.2 Å². The summed E-state index contributed by atoms with van der Waals surface area (Å²) in [6.07, 6.45) is 0.191. The van der Waals surface area contributed by atoms with Gasteiger partial charge in [0.25, 0.3) is 0 Å². The van der Waals surface area contributed by atoms with Crippen LogP contribution in [-0.4, -0.2) is 25.7 Å². The highest BCUT2D eigenvalue weighted by molar-refractivity contribution is 5.70. The maximum absolute atomic E-state index is 12.1. The monoisotopic (exact) mass is 287 g/mol. The first kappa shape index (κ1) is 16.4. The second kappa shape index (κ2) is 8.47. The number of hydrogen-bond acceptors (Lipinski definition) is 4. The van der Waals surface area contributed by atoms with Gasteiger partial charge < -0.3 is 14.8 Å². The molecule has 0 aliphatic carbocycles. The van der Waals surface area contributed by atoms with Crippen LogP contribution in [0.2, 0.25) is 0 Å². The van der Waals surface area contributed by atoms with Crippen molar-refractivity contribution >= 4 is 5.97 Å². The summed E-state index contributed by atoms with van der Waals surface area (Å²) < 4.78 is 33.3. The first-order valence-corrected chi connectivity index (χ1v) is 6.50. The molecule has 1 aromatic carbocycles. The average molecular weight is 287 g/mol. The van der Waals surface area contributed by atoms with E-state index in [0.717, 1.165) is 5.56 Å². The second-order valence-electron chi connectivity index (χ2n) is 4.07. The van der Waals surface area contributed by atoms with Crippen molar-refractivity contribution in [1.82, 2.24) is 5.32 Å². The maximum Gasteiger partial charge on any atom is 0.387 e. The van der Waals surface area contributed by atoms with E-state index in [-0.39, 0.29) is 24.2 Å². The van der Waals surface area contributed by atoms with Gasteiger partial charge in [0, 0.05) is 6.04 Å². The number of alkyl halides is 2. The molecule has 0 aliphatic rings. The molecule has 0 saturated carbocycles. The molecule has 1 rings (SSSR count). The smallest absolute Gasteiger partial charge is 0.387 e. The molecule has 1 N–H and O–H groups in total. The zero-order chi connectivity index (χ0) is 15.0. The molecule has 0 amide bonds. The molecule has 0 saturated heterocycles. The number of halogens is 2. The minimum absolute atomic E-state index is 0.0927. The Bertz CT molecular complexity index is 409. The fourth-order valence-electron chi connectivity index (χ4n) is 1.82. The lowest BCUT2D eigenvalue weighted by Crippen LogP contribution is -2.24. The molecule has 0 aliphatic heterocycles. The van der Waals surface area contributed by atoms with E-state index in [4.69, 9.17) is 4.74 Å². The number of hydrogen-bond donors (Lipinski definition) is 1. The largest absolute Gasteiger partial charge is 0.466 e. The number of ether oxygens (including phenoxy) is 2. The zero-order valence-corrected chi connectivity index (χ0v) is 11.6. The van der Waals surface area contributed by atoms with Crippen LogP contribution in [0.15, 0.2) is 24.3 Å². The third-order valence-corrected chi connectivity index (χ3v) is 2.63. The third kappa shape index (κ3) is 5.52. The first-order chi connectivity index (χ1) is 9.56. The van der Waals surface area contributed by atoms with Gasteiger partial charge in [0.05, 0.1) is 13.0 Å². The van der Waals surface area contributed by atoms with Gasteiger partial charge in [0.15, 0.2) is 0 Å². The van der Waals surface area contributed by atoms with Gasteiger partial charge in [-0.1, -0.05) is 19.1 Å². The van der Waals surface area contributed by atoms with Crippen LogP contribution >= 0.6 is 0 Å². The first-order valence-electron chi connectivity index (χ1n) is 6.50. The molecule has 0 radical (unpaired) electrons. The lowest BCUT2D eigenvalue weighted by molar-refractivity contribution is -0.143. The van der Waals surface area contributed by atoms with E-state index in [1.165, 1.54) is 12.1 Å². The maximum atomic E-state index is 12.1. The molecule has 0 heterocycles. The summed E-state index contributed by atoms with van der Waals surface area (Å²) in [5.74, 6) is -0.207. The quantitative estimate of drug-likeness (QED) is 0.747. The van der Waals surface area contributed by atoms with Gasteiger partial charge in [-0.25, -0.2) is 0 Å². The fourth-order valence-corrected chi connectivity index (χ4v) is 1.82. The van der Waals surface area contributed by atoms with Crippen molar-refractivity contribution in [3.8, 4) is 5.75 Å². The average Bonchev–Trinajstić information content (AvgIpc) is 2.39. The van der Waals surface area contributed by atoms with E-state index in [2.05, 4.69) is 10.1 Å². The van der Waals surface area contributed by atoms with Crippen molar-refractivity contribution in [2.45, 2.75) is 32.9 Å². The van der Waals surface area contributed by atoms with Crippen LogP contribution in [0.25, 0.3) is 0 Å². The van der Waals surface area contributed by atoms with Gasteiger partial charge in [0.2, 0.25) is 0 Å². The SMILES string of the molecule is CCNC(CC(=O)OCC)c1ccc(OC(F)F)cc1. The number of rotatable bonds is 8. The Kier molecular flexibility index (Phi) is 6.93. The highest BCUT2D eigenvalue weighted by Gasteiger charge is 2.16. The molecular formula is C14H19F2NO3. The summed E-state index contributed by atoms with van der Waals surface area (Å²) in [5.41, 5.74) is 0.821. The molecule has 0 fully saturated rings. The summed E-state index contributed by atoms with van der Waals surface area (Å²) in [7, 11) is 0. The van der Waals surface area contributed by atoms with Crippen LogP contribution in [0, 0.1) is 0 Å². The summed E-state index contributed by atoms with van der Waals surface area (Å²) in [6, 6.07) is 6.02. The van der Waals surface area contributed by atoms with Crippen LogP contribution in [0.4, 0.5) is 8.78 Å². The molecule has 20 heavy (non-hydrogen) atoms. The lowest BCUT2D eigenvalue weighted by Gasteiger charge is -2.18. The van der Waals surface area contributed by atoms with Crippen LogP contribution < -0.4 is 10.1 Å². The highest BCUT2D eigenvalue weighted by atomic mass is 19.3. The Labute approximate surface area is 117 Å². The lowest BCUT2D eigenvalue weighted by atomic mass is 10.0. The van der Waals surface area contributed by atoms with Crippen molar-refractivity contribution < 1.29 is 23.0 Å². The van der Waals surface area contributed by atoms with Gasteiger partial charge >= 0.3 is 12.6 Å². The van der Waals surface area contributed by atoms with Gasteiger partial charge in [-0.15, -0.1) is 0 Å². The van der Waals surface area contributed by atoms with Crippen molar-refractivity contribution in [3.63, 3.8) is 0 Å². The minimum atomic E-state index is -2.84. The number of benzene rings is 1. The molecule has 1 unspecified atom stereocenters. The predicted molar refractivity (Wildman–Crippen MR) is 70.7 cm³/mol. The molecule has 6 heteroatoms. The number of carbonyl (C=O) groups excluding carboxylic acids is 1. The molecule has 4 nitrogen and oxygen atoms in total. The van der Waals surface area contributed by atoms with Crippen LogP contribution in [0.5, 0.6) is 5.75 Å². The Morgan fingerprint density at radius 1 is 1.25 bits per heavy atom. The Balaban J connectivity index is 2.73.